The van der Waals surface area contributed by atoms with Gasteiger partial charge < -0.3 is 14.1 Å². The zero-order valence-electron chi connectivity index (χ0n) is 17.6. The number of nitrogens with one attached hydrogen (secondary N) is 1. The normalized spacial score (nSPS) is 15.4. The molecule has 0 aliphatic carbocycles. The number of sulfonamides is 1. The maximum Gasteiger partial charge on any atom is 0.274 e. The molecule has 1 saturated heterocycles. The Balaban J connectivity index is 1.34. The molecule has 0 amide bonds. The largest absolute Gasteiger partial charge is 0.457 e. The van der Waals surface area contributed by atoms with Crippen molar-refractivity contribution in [1.82, 2.24) is 14.3 Å². The Morgan fingerprint density at radius 2 is 1.70 bits per heavy atom. The van der Waals surface area contributed by atoms with Crippen LogP contribution in [0.1, 0.15) is 11.5 Å². The molecule has 168 valence electrons. The number of aromatic nitrogens is 2. The lowest BCUT2D eigenvalue weighted by Gasteiger charge is -2.26. The fourth-order valence-electron chi connectivity index (χ4n) is 3.64. The molecule has 1 N–H and O–H groups in total. The van der Waals surface area contributed by atoms with Crippen LogP contribution in [0.5, 0.6) is 0 Å². The Bertz CT molecular complexity index is 1480. The minimum atomic E-state index is -3.54. The van der Waals surface area contributed by atoms with Crippen LogP contribution >= 0.6 is 0 Å². The van der Waals surface area contributed by atoms with Gasteiger partial charge in [-0.2, -0.15) is 4.31 Å². The van der Waals surface area contributed by atoms with Gasteiger partial charge in [-0.05, 0) is 60.7 Å². The number of rotatable bonds is 5. The minimum absolute atomic E-state index is 0.237. The van der Waals surface area contributed by atoms with Gasteiger partial charge in [0.15, 0.2) is 0 Å². The van der Waals surface area contributed by atoms with E-state index >= 15 is 0 Å². The Labute approximate surface area is 190 Å². The van der Waals surface area contributed by atoms with E-state index < -0.39 is 10.0 Å². The number of nitrogens with zero attached hydrogens (tertiary/aromatic N) is 2. The summed E-state index contributed by atoms with van der Waals surface area (Å²) in [7, 11) is -3.54. The molecule has 8 nitrogen and oxygen atoms in total. The molecule has 0 atom stereocenters. The van der Waals surface area contributed by atoms with Gasteiger partial charge in [-0.3, -0.25) is 4.79 Å². The number of fused-ring (bicyclic) bond motifs is 1. The van der Waals surface area contributed by atoms with Gasteiger partial charge in [0.1, 0.15) is 17.2 Å². The molecule has 0 radical (unpaired) electrons. The fraction of sp³-hybridized carbons (Fsp3) is 0.167. The third-order valence-electron chi connectivity index (χ3n) is 5.40. The lowest BCUT2D eigenvalue weighted by atomic mass is 10.2. The summed E-state index contributed by atoms with van der Waals surface area (Å²) in [5.41, 5.74) is 2.12. The van der Waals surface area contributed by atoms with Crippen molar-refractivity contribution in [1.29, 1.82) is 0 Å². The van der Waals surface area contributed by atoms with Crippen molar-refractivity contribution < 1.29 is 17.6 Å². The highest BCUT2D eigenvalue weighted by Crippen LogP contribution is 2.26. The number of para-hydroxylation sites is 2. The number of furan rings is 1. The maximum atomic E-state index is 12.8. The van der Waals surface area contributed by atoms with Crippen molar-refractivity contribution in [3.05, 3.63) is 82.5 Å². The summed E-state index contributed by atoms with van der Waals surface area (Å²) in [6, 6.07) is 17.5. The molecular weight excluding hydrogens is 442 g/mol. The first-order valence-electron chi connectivity index (χ1n) is 10.5. The third-order valence-corrected chi connectivity index (χ3v) is 7.32. The smallest absolute Gasteiger partial charge is 0.274 e. The van der Waals surface area contributed by atoms with Crippen LogP contribution < -0.4 is 5.56 Å². The first-order chi connectivity index (χ1) is 16.0. The molecule has 2 aromatic carbocycles. The van der Waals surface area contributed by atoms with E-state index in [1.54, 1.807) is 54.6 Å². The number of hydrogen-bond acceptors (Lipinski definition) is 6. The van der Waals surface area contributed by atoms with E-state index in [1.807, 2.05) is 18.2 Å². The Morgan fingerprint density at radius 3 is 2.48 bits per heavy atom. The van der Waals surface area contributed by atoms with Gasteiger partial charge in [-0.15, -0.1) is 0 Å². The van der Waals surface area contributed by atoms with Crippen molar-refractivity contribution in [2.75, 3.05) is 26.3 Å². The van der Waals surface area contributed by atoms with Crippen LogP contribution in [0.25, 0.3) is 34.5 Å². The molecule has 0 spiro atoms. The van der Waals surface area contributed by atoms with Crippen molar-refractivity contribution >= 4 is 33.2 Å². The number of ether oxygens (including phenoxy) is 1. The highest BCUT2D eigenvalue weighted by atomic mass is 32.2. The number of benzene rings is 2. The second-order valence-corrected chi connectivity index (χ2v) is 9.48. The quantitative estimate of drug-likeness (QED) is 0.487. The summed E-state index contributed by atoms with van der Waals surface area (Å²) >= 11 is 0. The molecule has 3 heterocycles. The molecule has 2 aromatic heterocycles. The monoisotopic (exact) mass is 463 g/mol. The fourth-order valence-corrected chi connectivity index (χ4v) is 5.05. The predicted molar refractivity (Wildman–Crippen MR) is 125 cm³/mol. The van der Waals surface area contributed by atoms with Crippen molar-refractivity contribution in [3.8, 4) is 11.3 Å². The second kappa shape index (κ2) is 8.78. The molecule has 4 aromatic rings. The van der Waals surface area contributed by atoms with E-state index in [0.717, 1.165) is 5.56 Å². The summed E-state index contributed by atoms with van der Waals surface area (Å²) in [6.45, 7) is 1.51. The van der Waals surface area contributed by atoms with E-state index in [1.165, 1.54) is 4.31 Å². The molecular formula is C24H21N3O5S. The SMILES string of the molecule is O=c1[nH]c2ccccc2nc1/C=C/c1ccc(-c2ccc(S(=O)(=O)N3CCOCC3)cc2)o1. The molecule has 1 fully saturated rings. The van der Waals surface area contributed by atoms with Gasteiger partial charge in [-0.1, -0.05) is 12.1 Å². The van der Waals surface area contributed by atoms with Crippen molar-refractivity contribution in [2.45, 2.75) is 4.90 Å². The van der Waals surface area contributed by atoms with Crippen LogP contribution in [0.15, 0.2) is 74.8 Å². The summed E-state index contributed by atoms with van der Waals surface area (Å²) in [4.78, 5) is 19.7. The Morgan fingerprint density at radius 1 is 0.939 bits per heavy atom. The summed E-state index contributed by atoms with van der Waals surface area (Å²) in [5.74, 6) is 1.13. The zero-order chi connectivity index (χ0) is 22.8. The van der Waals surface area contributed by atoms with Crippen LogP contribution in [0.3, 0.4) is 0 Å². The standard InChI is InChI=1S/C24H21N3O5S/c28-24-22(25-20-3-1-2-4-21(20)26-24)11-7-18-8-12-23(32-18)17-5-9-19(10-6-17)33(29,30)27-13-15-31-16-14-27/h1-12H,13-16H2,(H,26,28)/b11-7+. The molecule has 1 aliphatic rings. The van der Waals surface area contributed by atoms with E-state index in [-0.39, 0.29) is 16.1 Å². The predicted octanol–water partition coefficient (Wildman–Crippen LogP) is 3.37. The number of H-pyrrole nitrogens is 1. The van der Waals surface area contributed by atoms with Gasteiger partial charge in [0.25, 0.3) is 5.56 Å². The average Bonchev–Trinajstić information content (AvgIpc) is 3.32. The van der Waals surface area contributed by atoms with Crippen molar-refractivity contribution in [3.63, 3.8) is 0 Å². The summed E-state index contributed by atoms with van der Waals surface area (Å²) in [5, 5.41) is 0. The molecule has 9 heteroatoms. The number of aromatic amines is 1. The molecule has 0 bridgehead atoms. The molecule has 0 saturated carbocycles. The lowest BCUT2D eigenvalue weighted by Crippen LogP contribution is -2.40. The van der Waals surface area contributed by atoms with E-state index in [4.69, 9.17) is 9.15 Å². The van der Waals surface area contributed by atoms with Gasteiger partial charge in [0.2, 0.25) is 10.0 Å². The average molecular weight is 464 g/mol. The van der Waals surface area contributed by atoms with Crippen LogP contribution in [0.4, 0.5) is 0 Å². The maximum absolute atomic E-state index is 12.8. The minimum Gasteiger partial charge on any atom is -0.457 e. The second-order valence-electron chi connectivity index (χ2n) is 7.54. The molecule has 5 rings (SSSR count). The van der Waals surface area contributed by atoms with Gasteiger partial charge >= 0.3 is 0 Å². The Kier molecular flexibility index (Phi) is 5.67. The highest BCUT2D eigenvalue weighted by molar-refractivity contribution is 7.89. The molecule has 1 aliphatic heterocycles. The van der Waals surface area contributed by atoms with E-state index in [2.05, 4.69) is 9.97 Å². The first-order valence-corrected chi connectivity index (χ1v) is 11.9. The van der Waals surface area contributed by atoms with Gasteiger partial charge in [-0.25, -0.2) is 13.4 Å². The Hall–Kier alpha value is -3.53. The van der Waals surface area contributed by atoms with Crippen LogP contribution in [0, 0.1) is 0 Å². The molecule has 0 unspecified atom stereocenters. The highest BCUT2D eigenvalue weighted by Gasteiger charge is 2.26. The van der Waals surface area contributed by atoms with Gasteiger partial charge in [0, 0.05) is 18.7 Å². The zero-order valence-corrected chi connectivity index (χ0v) is 18.4. The van der Waals surface area contributed by atoms with Crippen LogP contribution in [0.2, 0.25) is 0 Å². The third kappa shape index (κ3) is 4.38. The van der Waals surface area contributed by atoms with E-state index in [9.17, 15) is 13.2 Å². The van der Waals surface area contributed by atoms with Crippen molar-refractivity contribution in [2.24, 2.45) is 0 Å². The first kappa shape index (κ1) is 21.3. The molecule has 33 heavy (non-hydrogen) atoms. The van der Waals surface area contributed by atoms with E-state index in [0.29, 0.717) is 48.9 Å². The number of morpholine rings is 1. The van der Waals surface area contributed by atoms with Gasteiger partial charge in [0.05, 0.1) is 29.1 Å². The topological polar surface area (TPSA) is 106 Å². The lowest BCUT2D eigenvalue weighted by molar-refractivity contribution is 0.0730. The summed E-state index contributed by atoms with van der Waals surface area (Å²) < 4.78 is 38.1. The summed E-state index contributed by atoms with van der Waals surface area (Å²) in [6.07, 6.45) is 3.28. The van der Waals surface area contributed by atoms with Crippen LogP contribution in [-0.2, 0) is 14.8 Å². The van der Waals surface area contributed by atoms with Crippen LogP contribution in [-0.4, -0.2) is 49.0 Å². The number of hydrogen-bond donors (Lipinski definition) is 1.